The van der Waals surface area contributed by atoms with E-state index in [0.717, 1.165) is 16.8 Å². The lowest BCUT2D eigenvalue weighted by molar-refractivity contribution is -0.119. The van der Waals surface area contributed by atoms with Gasteiger partial charge in [-0.25, -0.2) is 0 Å². The Labute approximate surface area is 161 Å². The molecule has 0 spiro atoms. The molecule has 1 aromatic heterocycles. The monoisotopic (exact) mass is 371 g/mol. The third kappa shape index (κ3) is 3.12. The largest absolute Gasteiger partial charge is 0.326 e. The second-order valence-corrected chi connectivity index (χ2v) is 6.66. The maximum atomic E-state index is 12.9. The molecule has 0 saturated carbocycles. The van der Waals surface area contributed by atoms with Gasteiger partial charge < -0.3 is 10.6 Å². The summed E-state index contributed by atoms with van der Waals surface area (Å²) >= 11 is 0. The predicted octanol–water partition coefficient (Wildman–Crippen LogP) is 3.05. The molecule has 2 atom stereocenters. The van der Waals surface area contributed by atoms with Crippen LogP contribution < -0.4 is 16.2 Å². The van der Waals surface area contributed by atoms with Crippen LogP contribution in [0, 0.1) is 24.2 Å². The van der Waals surface area contributed by atoms with Crippen LogP contribution in [0.2, 0.25) is 0 Å². The van der Waals surface area contributed by atoms with Crippen molar-refractivity contribution in [3.05, 3.63) is 81.6 Å². The predicted molar refractivity (Wildman–Crippen MR) is 105 cm³/mol. The number of para-hydroxylation sites is 1. The minimum atomic E-state index is -1.01. The molecule has 0 fully saturated rings. The highest BCUT2D eigenvalue weighted by Gasteiger charge is 2.40. The van der Waals surface area contributed by atoms with Crippen LogP contribution in [0.1, 0.15) is 22.6 Å². The third-order valence-corrected chi connectivity index (χ3v) is 4.70. The van der Waals surface area contributed by atoms with Gasteiger partial charge in [-0.3, -0.25) is 14.6 Å². The van der Waals surface area contributed by atoms with Crippen molar-refractivity contribution in [2.24, 2.45) is 5.92 Å². The Hall–Kier alpha value is -3.92. The molecule has 0 saturated heterocycles. The number of hydrogen-bond donors (Lipinski definition) is 3. The van der Waals surface area contributed by atoms with Crippen LogP contribution in [-0.4, -0.2) is 15.9 Å². The molecule has 0 aliphatic carbocycles. The Kier molecular flexibility index (Phi) is 4.38. The molecule has 1 amide bonds. The van der Waals surface area contributed by atoms with Gasteiger partial charge in [0.2, 0.25) is 11.9 Å². The Morgan fingerprint density at radius 3 is 2.61 bits per heavy atom. The number of nitrogens with zero attached hydrogens (tertiary/aromatic N) is 2. The number of hydrogen-bond acceptors (Lipinski definition) is 5. The van der Waals surface area contributed by atoms with E-state index < -0.39 is 23.3 Å². The molecule has 0 radical (unpaired) electrons. The molecule has 4 rings (SSSR count). The van der Waals surface area contributed by atoms with Gasteiger partial charge in [0.1, 0.15) is 11.7 Å². The molecule has 1 aliphatic rings. The van der Waals surface area contributed by atoms with Gasteiger partial charge in [0, 0.05) is 11.6 Å². The van der Waals surface area contributed by atoms with E-state index in [-0.39, 0.29) is 17.3 Å². The average molecular weight is 371 g/mol. The summed E-state index contributed by atoms with van der Waals surface area (Å²) in [6.45, 7) is 1.92. The zero-order valence-electron chi connectivity index (χ0n) is 15.1. The molecular formula is C21H17N5O2. The van der Waals surface area contributed by atoms with Gasteiger partial charge in [0.15, 0.2) is 0 Å². The van der Waals surface area contributed by atoms with Crippen molar-refractivity contribution in [1.82, 2.24) is 9.97 Å². The number of benzene rings is 2. The van der Waals surface area contributed by atoms with E-state index in [4.69, 9.17) is 0 Å². The quantitative estimate of drug-likeness (QED) is 0.655. The van der Waals surface area contributed by atoms with Gasteiger partial charge in [0.05, 0.1) is 11.6 Å². The normalized spacial score (nSPS) is 17.9. The van der Waals surface area contributed by atoms with Crippen molar-refractivity contribution in [3.63, 3.8) is 0 Å². The van der Waals surface area contributed by atoms with E-state index in [2.05, 4.69) is 20.6 Å². The van der Waals surface area contributed by atoms with E-state index in [1.165, 1.54) is 0 Å². The van der Waals surface area contributed by atoms with Crippen molar-refractivity contribution in [2.45, 2.75) is 12.8 Å². The number of rotatable bonds is 3. The zero-order valence-corrected chi connectivity index (χ0v) is 15.1. The number of aryl methyl sites for hydroxylation is 1. The Balaban J connectivity index is 1.83. The van der Waals surface area contributed by atoms with Gasteiger partial charge in [0.25, 0.3) is 5.56 Å². The van der Waals surface area contributed by atoms with Gasteiger partial charge in [-0.15, -0.1) is 0 Å². The summed E-state index contributed by atoms with van der Waals surface area (Å²) in [6.07, 6.45) is 0. The molecule has 0 bridgehead atoms. The summed E-state index contributed by atoms with van der Waals surface area (Å²) < 4.78 is 0. The maximum Gasteiger partial charge on any atom is 0.258 e. The van der Waals surface area contributed by atoms with Crippen molar-refractivity contribution in [2.75, 3.05) is 10.6 Å². The summed E-state index contributed by atoms with van der Waals surface area (Å²) in [4.78, 5) is 32.5. The standard InChI is InChI=1S/C21H17N5O2/c1-12-6-5-7-13(10-12)16-15(11-22)19(27)24-18-17(16)20(28)26-21(25-18)23-14-8-3-2-4-9-14/h2-10,15-16H,1H3,(H3,23,24,25,26,27,28)/t15-,16-/m0/s1. The highest BCUT2D eigenvalue weighted by Crippen LogP contribution is 2.38. The number of aromatic nitrogens is 2. The Bertz CT molecular complexity index is 1150. The smallest absolute Gasteiger partial charge is 0.258 e. The van der Waals surface area contributed by atoms with Crippen molar-refractivity contribution >= 4 is 23.4 Å². The van der Waals surface area contributed by atoms with Crippen LogP contribution in [0.15, 0.2) is 59.4 Å². The van der Waals surface area contributed by atoms with Crippen LogP contribution in [0.5, 0.6) is 0 Å². The number of nitriles is 1. The molecule has 2 aromatic carbocycles. The van der Waals surface area contributed by atoms with E-state index in [1.54, 1.807) is 0 Å². The second-order valence-electron chi connectivity index (χ2n) is 6.66. The van der Waals surface area contributed by atoms with Crippen LogP contribution in [0.4, 0.5) is 17.5 Å². The fraction of sp³-hybridized carbons (Fsp3) is 0.143. The van der Waals surface area contributed by atoms with Crippen LogP contribution >= 0.6 is 0 Å². The lowest BCUT2D eigenvalue weighted by Gasteiger charge is -2.28. The summed E-state index contributed by atoms with van der Waals surface area (Å²) in [5, 5.41) is 15.2. The van der Waals surface area contributed by atoms with Crippen molar-refractivity contribution in [3.8, 4) is 6.07 Å². The molecule has 3 aromatic rings. The second kappa shape index (κ2) is 7.00. The first-order valence-electron chi connectivity index (χ1n) is 8.80. The van der Waals surface area contributed by atoms with Gasteiger partial charge in [-0.05, 0) is 24.6 Å². The van der Waals surface area contributed by atoms with E-state index >= 15 is 0 Å². The first-order chi connectivity index (χ1) is 13.6. The first kappa shape index (κ1) is 17.5. The SMILES string of the molecule is Cc1cccc([C@@H]2c3c(nc(Nc4ccccc4)[nH]c3=O)NC(=O)[C@H]2C#N)c1. The number of amides is 1. The highest BCUT2D eigenvalue weighted by atomic mass is 16.2. The number of H-pyrrole nitrogens is 1. The van der Waals surface area contributed by atoms with Crippen LogP contribution in [0.3, 0.4) is 0 Å². The lowest BCUT2D eigenvalue weighted by atomic mass is 9.79. The van der Waals surface area contributed by atoms with Gasteiger partial charge in [-0.1, -0.05) is 48.0 Å². The maximum absolute atomic E-state index is 12.9. The van der Waals surface area contributed by atoms with Crippen molar-refractivity contribution < 1.29 is 4.79 Å². The minimum Gasteiger partial charge on any atom is -0.326 e. The molecule has 7 nitrogen and oxygen atoms in total. The molecule has 28 heavy (non-hydrogen) atoms. The first-order valence-corrected chi connectivity index (χ1v) is 8.80. The van der Waals surface area contributed by atoms with Gasteiger partial charge >= 0.3 is 0 Å². The number of nitrogens with one attached hydrogen (secondary N) is 3. The fourth-order valence-corrected chi connectivity index (χ4v) is 3.45. The molecule has 0 unspecified atom stereocenters. The molecule has 138 valence electrons. The lowest BCUT2D eigenvalue weighted by Crippen LogP contribution is -2.38. The number of fused-ring (bicyclic) bond motifs is 1. The summed E-state index contributed by atoms with van der Waals surface area (Å²) in [7, 11) is 0. The molecule has 1 aliphatic heterocycles. The van der Waals surface area contributed by atoms with E-state index in [1.807, 2.05) is 67.6 Å². The van der Waals surface area contributed by atoms with E-state index in [9.17, 15) is 14.9 Å². The molecule has 7 heteroatoms. The Morgan fingerprint density at radius 1 is 1.11 bits per heavy atom. The van der Waals surface area contributed by atoms with Crippen molar-refractivity contribution in [1.29, 1.82) is 5.26 Å². The average Bonchev–Trinajstić information content (AvgIpc) is 2.67. The van der Waals surface area contributed by atoms with E-state index in [0.29, 0.717) is 0 Å². The topological polar surface area (TPSA) is 111 Å². The Morgan fingerprint density at radius 2 is 1.89 bits per heavy atom. The van der Waals surface area contributed by atoms with Gasteiger partial charge in [-0.2, -0.15) is 10.2 Å². The molecular weight excluding hydrogens is 354 g/mol. The number of anilines is 3. The molecule has 2 heterocycles. The summed E-state index contributed by atoms with van der Waals surface area (Å²) in [5.74, 6) is -1.77. The zero-order chi connectivity index (χ0) is 19.7. The number of carbonyl (C=O) groups is 1. The number of aromatic amines is 1. The highest BCUT2D eigenvalue weighted by molar-refractivity contribution is 5.98. The van der Waals surface area contributed by atoms with Crippen LogP contribution in [0.25, 0.3) is 0 Å². The third-order valence-electron chi connectivity index (χ3n) is 4.70. The fourth-order valence-electron chi connectivity index (χ4n) is 3.45. The minimum absolute atomic E-state index is 0.171. The summed E-state index contributed by atoms with van der Waals surface area (Å²) in [6, 6.07) is 18.8. The van der Waals surface area contributed by atoms with Crippen LogP contribution in [-0.2, 0) is 4.79 Å². The molecule has 3 N–H and O–H groups in total. The summed E-state index contributed by atoms with van der Waals surface area (Å²) in [5.41, 5.74) is 2.36. The number of carbonyl (C=O) groups excluding carboxylic acids is 1.